The van der Waals surface area contributed by atoms with E-state index in [1.807, 2.05) is 18.0 Å². The van der Waals surface area contributed by atoms with E-state index in [9.17, 15) is 4.79 Å². The minimum absolute atomic E-state index is 0.257. The highest BCUT2D eigenvalue weighted by molar-refractivity contribution is 5.76. The fourth-order valence-corrected chi connectivity index (χ4v) is 2.65. The summed E-state index contributed by atoms with van der Waals surface area (Å²) in [5.41, 5.74) is 1.32. The van der Waals surface area contributed by atoms with Gasteiger partial charge in [0, 0.05) is 26.1 Å². The van der Waals surface area contributed by atoms with Gasteiger partial charge in [0.2, 0.25) is 5.91 Å². The zero-order valence-corrected chi connectivity index (χ0v) is 12.9. The lowest BCUT2D eigenvalue weighted by Gasteiger charge is -2.32. The number of nitrogens with one attached hydrogen (secondary N) is 1. The van der Waals surface area contributed by atoms with Crippen molar-refractivity contribution in [2.24, 2.45) is 0 Å². The van der Waals surface area contributed by atoms with Crippen LogP contribution in [0.15, 0.2) is 30.3 Å². The molecule has 0 aromatic heterocycles. The summed E-state index contributed by atoms with van der Waals surface area (Å²) in [4.78, 5) is 13.9. The highest BCUT2D eigenvalue weighted by Gasteiger charge is 2.22. The number of benzene rings is 1. The first-order valence-electron chi connectivity index (χ1n) is 7.87. The zero-order chi connectivity index (χ0) is 14.9. The van der Waals surface area contributed by atoms with Crippen LogP contribution in [-0.4, -0.2) is 50.2 Å². The Bertz CT molecular complexity index is 414. The van der Waals surface area contributed by atoms with E-state index in [-0.39, 0.29) is 5.91 Å². The first kappa shape index (κ1) is 16.0. The van der Waals surface area contributed by atoms with Crippen molar-refractivity contribution in [1.82, 2.24) is 10.2 Å². The molecule has 1 fully saturated rings. The molecule has 1 aromatic carbocycles. The predicted octanol–water partition coefficient (Wildman–Crippen LogP) is 1.85. The maximum Gasteiger partial charge on any atom is 0.223 e. The Morgan fingerprint density at radius 3 is 2.67 bits per heavy atom. The van der Waals surface area contributed by atoms with Gasteiger partial charge < -0.3 is 15.0 Å². The molecule has 0 bridgehead atoms. The molecule has 2 rings (SSSR count). The average molecular weight is 290 g/mol. The Morgan fingerprint density at radius 1 is 1.29 bits per heavy atom. The Kier molecular flexibility index (Phi) is 6.70. The molecule has 4 heteroatoms. The third kappa shape index (κ3) is 5.48. The number of ether oxygens (including phenoxy) is 1. The first-order valence-corrected chi connectivity index (χ1v) is 7.87. The molecule has 21 heavy (non-hydrogen) atoms. The van der Waals surface area contributed by atoms with Gasteiger partial charge in [-0.2, -0.15) is 0 Å². The van der Waals surface area contributed by atoms with Gasteiger partial charge in [0.25, 0.3) is 0 Å². The molecule has 0 saturated carbocycles. The third-order valence-electron chi connectivity index (χ3n) is 3.97. The third-order valence-corrected chi connectivity index (χ3v) is 3.97. The van der Waals surface area contributed by atoms with Crippen molar-refractivity contribution in [3.63, 3.8) is 0 Å². The Balaban J connectivity index is 1.62. The zero-order valence-electron chi connectivity index (χ0n) is 12.9. The summed E-state index contributed by atoms with van der Waals surface area (Å²) in [5, 5.41) is 3.02. The van der Waals surface area contributed by atoms with Crippen LogP contribution in [0.4, 0.5) is 0 Å². The van der Waals surface area contributed by atoms with Crippen molar-refractivity contribution in [3.05, 3.63) is 35.9 Å². The number of rotatable bonds is 7. The van der Waals surface area contributed by atoms with Gasteiger partial charge in [0.15, 0.2) is 0 Å². The molecule has 1 N–H and O–H groups in total. The van der Waals surface area contributed by atoms with Gasteiger partial charge in [-0.05, 0) is 31.9 Å². The second-order valence-corrected chi connectivity index (χ2v) is 5.54. The maximum absolute atomic E-state index is 11.9. The van der Waals surface area contributed by atoms with Gasteiger partial charge in [0.1, 0.15) is 0 Å². The molecule has 4 nitrogen and oxygen atoms in total. The predicted molar refractivity (Wildman–Crippen MR) is 84.2 cm³/mol. The molecule has 0 radical (unpaired) electrons. The molecule has 1 aliphatic heterocycles. The van der Waals surface area contributed by atoms with E-state index in [1.165, 1.54) is 5.56 Å². The lowest BCUT2D eigenvalue weighted by atomic mass is 10.1. The lowest BCUT2D eigenvalue weighted by molar-refractivity contribution is -0.133. The molecule has 1 aromatic rings. The molecule has 1 amide bonds. The van der Waals surface area contributed by atoms with Crippen molar-refractivity contribution in [1.29, 1.82) is 0 Å². The molecule has 1 saturated heterocycles. The molecule has 116 valence electrons. The second kappa shape index (κ2) is 8.80. The number of hydrogen-bond acceptors (Lipinski definition) is 3. The fraction of sp³-hybridized carbons (Fsp3) is 0.588. The summed E-state index contributed by atoms with van der Waals surface area (Å²) in [6, 6.07) is 10.4. The maximum atomic E-state index is 11.9. The van der Waals surface area contributed by atoms with Crippen molar-refractivity contribution >= 4 is 5.91 Å². The van der Waals surface area contributed by atoms with Crippen molar-refractivity contribution in [2.75, 3.05) is 33.3 Å². The number of carbonyl (C=O) groups is 1. The SMILES string of the molecule is CNCCC(=O)N1CCC(OCCc2ccccc2)CC1. The van der Waals surface area contributed by atoms with Crippen LogP contribution in [0, 0.1) is 0 Å². The molecular weight excluding hydrogens is 264 g/mol. The van der Waals surface area contributed by atoms with E-state index in [1.54, 1.807) is 0 Å². The van der Waals surface area contributed by atoms with E-state index in [0.717, 1.165) is 45.5 Å². The summed E-state index contributed by atoms with van der Waals surface area (Å²) >= 11 is 0. The number of amides is 1. The lowest BCUT2D eigenvalue weighted by Crippen LogP contribution is -2.41. The van der Waals surface area contributed by atoms with E-state index in [0.29, 0.717) is 12.5 Å². The molecule has 1 heterocycles. The topological polar surface area (TPSA) is 41.6 Å². The number of nitrogens with zero attached hydrogens (tertiary/aromatic N) is 1. The van der Waals surface area contributed by atoms with Gasteiger partial charge in [-0.1, -0.05) is 30.3 Å². The molecule has 0 atom stereocenters. The van der Waals surface area contributed by atoms with Gasteiger partial charge in [-0.25, -0.2) is 0 Å². The number of hydrogen-bond donors (Lipinski definition) is 1. The average Bonchev–Trinajstić information content (AvgIpc) is 2.54. The van der Waals surface area contributed by atoms with Crippen LogP contribution in [0.1, 0.15) is 24.8 Å². The Hall–Kier alpha value is -1.39. The Labute approximate surface area is 127 Å². The van der Waals surface area contributed by atoms with E-state index >= 15 is 0 Å². The van der Waals surface area contributed by atoms with Crippen LogP contribution in [0.3, 0.4) is 0 Å². The highest BCUT2D eigenvalue weighted by atomic mass is 16.5. The smallest absolute Gasteiger partial charge is 0.223 e. The molecule has 1 aliphatic rings. The summed E-state index contributed by atoms with van der Waals surface area (Å²) in [5.74, 6) is 0.257. The largest absolute Gasteiger partial charge is 0.378 e. The molecule has 0 spiro atoms. The summed E-state index contributed by atoms with van der Waals surface area (Å²) in [7, 11) is 1.88. The second-order valence-electron chi connectivity index (χ2n) is 5.54. The summed E-state index contributed by atoms with van der Waals surface area (Å²) < 4.78 is 5.95. The Morgan fingerprint density at radius 2 is 2.00 bits per heavy atom. The van der Waals surface area contributed by atoms with Crippen LogP contribution < -0.4 is 5.32 Å². The minimum Gasteiger partial charge on any atom is -0.378 e. The first-order chi connectivity index (χ1) is 10.3. The number of carbonyl (C=O) groups excluding carboxylic acids is 1. The monoisotopic (exact) mass is 290 g/mol. The summed E-state index contributed by atoms with van der Waals surface area (Å²) in [6.45, 7) is 3.19. The summed E-state index contributed by atoms with van der Waals surface area (Å²) in [6.07, 6.45) is 3.78. The normalized spacial score (nSPS) is 16.1. The number of piperidine rings is 1. The minimum atomic E-state index is 0.257. The molecule has 0 unspecified atom stereocenters. The van der Waals surface area contributed by atoms with Gasteiger partial charge in [0.05, 0.1) is 12.7 Å². The standard InChI is InChI=1S/C17H26N2O2/c1-18-11-7-17(20)19-12-8-16(9-13-19)21-14-10-15-5-3-2-4-6-15/h2-6,16,18H,7-14H2,1H3. The van der Waals surface area contributed by atoms with E-state index in [4.69, 9.17) is 4.74 Å². The fourth-order valence-electron chi connectivity index (χ4n) is 2.65. The quantitative estimate of drug-likeness (QED) is 0.833. The van der Waals surface area contributed by atoms with E-state index in [2.05, 4.69) is 29.6 Å². The van der Waals surface area contributed by atoms with Gasteiger partial charge in [-0.3, -0.25) is 4.79 Å². The highest BCUT2D eigenvalue weighted by Crippen LogP contribution is 2.15. The van der Waals surface area contributed by atoms with Crippen molar-refractivity contribution in [3.8, 4) is 0 Å². The van der Waals surface area contributed by atoms with Crippen LogP contribution in [0.25, 0.3) is 0 Å². The van der Waals surface area contributed by atoms with Crippen LogP contribution in [0.5, 0.6) is 0 Å². The van der Waals surface area contributed by atoms with Crippen LogP contribution in [0.2, 0.25) is 0 Å². The van der Waals surface area contributed by atoms with E-state index < -0.39 is 0 Å². The van der Waals surface area contributed by atoms with Crippen molar-refractivity contribution < 1.29 is 9.53 Å². The van der Waals surface area contributed by atoms with Gasteiger partial charge in [-0.15, -0.1) is 0 Å². The number of likely N-dealkylation sites (tertiary alicyclic amines) is 1. The van der Waals surface area contributed by atoms with Crippen LogP contribution >= 0.6 is 0 Å². The molecular formula is C17H26N2O2. The van der Waals surface area contributed by atoms with Crippen LogP contribution in [-0.2, 0) is 16.0 Å². The molecule has 0 aliphatic carbocycles. The van der Waals surface area contributed by atoms with Gasteiger partial charge >= 0.3 is 0 Å². The van der Waals surface area contributed by atoms with Crippen molar-refractivity contribution in [2.45, 2.75) is 31.8 Å².